The lowest BCUT2D eigenvalue weighted by molar-refractivity contribution is -0.123. The summed E-state index contributed by atoms with van der Waals surface area (Å²) in [5.74, 6) is 0.756. The summed E-state index contributed by atoms with van der Waals surface area (Å²) in [6.45, 7) is 10.7. The second kappa shape index (κ2) is 6.00. The highest BCUT2D eigenvalue weighted by Gasteiger charge is 2.17. The SMILES string of the molecule is CCO[C@@H](C)c1nccn1CC(=O)NC(C)(C)C. The molecule has 1 heterocycles. The number of amides is 1. The van der Waals surface area contributed by atoms with Crippen LogP contribution >= 0.6 is 0 Å². The van der Waals surface area contributed by atoms with Crippen molar-refractivity contribution in [3.63, 3.8) is 0 Å². The van der Waals surface area contributed by atoms with Gasteiger partial charge in [-0.1, -0.05) is 0 Å². The third-order valence-corrected chi connectivity index (χ3v) is 2.36. The molecule has 18 heavy (non-hydrogen) atoms. The summed E-state index contributed by atoms with van der Waals surface area (Å²) in [5, 5.41) is 2.93. The van der Waals surface area contributed by atoms with Crippen LogP contribution in [0.1, 0.15) is 46.5 Å². The van der Waals surface area contributed by atoms with E-state index in [0.717, 1.165) is 5.82 Å². The molecule has 0 aliphatic rings. The summed E-state index contributed by atoms with van der Waals surface area (Å²) in [5.41, 5.74) is -0.219. The summed E-state index contributed by atoms with van der Waals surface area (Å²) in [4.78, 5) is 16.1. The summed E-state index contributed by atoms with van der Waals surface area (Å²) < 4.78 is 7.32. The maximum atomic E-state index is 11.9. The zero-order valence-electron chi connectivity index (χ0n) is 11.9. The molecule has 0 unspecified atom stereocenters. The molecule has 0 bridgehead atoms. The zero-order chi connectivity index (χ0) is 13.8. The van der Waals surface area contributed by atoms with Crippen LogP contribution in [-0.2, 0) is 16.1 Å². The third-order valence-electron chi connectivity index (χ3n) is 2.36. The fourth-order valence-electron chi connectivity index (χ4n) is 1.75. The predicted octanol–water partition coefficient (Wildman–Crippen LogP) is 1.90. The van der Waals surface area contributed by atoms with Crippen molar-refractivity contribution in [2.45, 2.75) is 52.8 Å². The van der Waals surface area contributed by atoms with Crippen molar-refractivity contribution in [1.29, 1.82) is 0 Å². The van der Waals surface area contributed by atoms with E-state index in [9.17, 15) is 4.79 Å². The van der Waals surface area contributed by atoms with Crippen molar-refractivity contribution in [1.82, 2.24) is 14.9 Å². The minimum atomic E-state index is -0.219. The standard InChI is InChI=1S/C13H23N3O2/c1-6-18-10(2)12-14-7-8-16(12)9-11(17)15-13(3,4)5/h7-8,10H,6,9H2,1-5H3,(H,15,17)/t10-/m0/s1. The number of imidazole rings is 1. The van der Waals surface area contributed by atoms with Gasteiger partial charge >= 0.3 is 0 Å². The average molecular weight is 253 g/mol. The van der Waals surface area contributed by atoms with Crippen LogP contribution in [0.5, 0.6) is 0 Å². The molecule has 0 spiro atoms. The largest absolute Gasteiger partial charge is 0.371 e. The lowest BCUT2D eigenvalue weighted by Crippen LogP contribution is -2.42. The maximum absolute atomic E-state index is 11.9. The van der Waals surface area contributed by atoms with Gasteiger partial charge in [0.2, 0.25) is 5.91 Å². The Kier molecular flexibility index (Phi) is 4.90. The monoisotopic (exact) mass is 253 g/mol. The van der Waals surface area contributed by atoms with Crippen molar-refractivity contribution in [3.05, 3.63) is 18.2 Å². The van der Waals surface area contributed by atoms with Crippen molar-refractivity contribution in [3.8, 4) is 0 Å². The van der Waals surface area contributed by atoms with E-state index in [4.69, 9.17) is 4.74 Å². The first kappa shape index (κ1) is 14.7. The van der Waals surface area contributed by atoms with Crippen molar-refractivity contribution in [2.75, 3.05) is 6.61 Å². The third kappa shape index (κ3) is 4.49. The Morgan fingerprint density at radius 1 is 1.56 bits per heavy atom. The molecule has 5 nitrogen and oxygen atoms in total. The van der Waals surface area contributed by atoms with Crippen LogP contribution < -0.4 is 5.32 Å². The second-order valence-corrected chi connectivity index (χ2v) is 5.31. The number of hydrogen-bond donors (Lipinski definition) is 1. The van der Waals surface area contributed by atoms with Crippen LogP contribution in [0, 0.1) is 0 Å². The molecular formula is C13H23N3O2. The molecule has 5 heteroatoms. The van der Waals surface area contributed by atoms with Crippen LogP contribution in [0.3, 0.4) is 0 Å². The Morgan fingerprint density at radius 2 is 2.22 bits per heavy atom. The zero-order valence-corrected chi connectivity index (χ0v) is 11.9. The van der Waals surface area contributed by atoms with Gasteiger partial charge in [0, 0.05) is 24.5 Å². The maximum Gasteiger partial charge on any atom is 0.240 e. The summed E-state index contributed by atoms with van der Waals surface area (Å²) in [7, 11) is 0. The fourth-order valence-corrected chi connectivity index (χ4v) is 1.75. The Hall–Kier alpha value is -1.36. The Balaban J connectivity index is 2.68. The molecule has 0 aliphatic carbocycles. The van der Waals surface area contributed by atoms with Gasteiger partial charge in [0.05, 0.1) is 0 Å². The van der Waals surface area contributed by atoms with Gasteiger partial charge in [-0.3, -0.25) is 4.79 Å². The smallest absolute Gasteiger partial charge is 0.240 e. The molecule has 0 radical (unpaired) electrons. The van der Waals surface area contributed by atoms with Gasteiger partial charge in [0.1, 0.15) is 18.5 Å². The van der Waals surface area contributed by atoms with Crippen LogP contribution in [0.25, 0.3) is 0 Å². The lowest BCUT2D eigenvalue weighted by atomic mass is 10.1. The van der Waals surface area contributed by atoms with Crippen molar-refractivity contribution < 1.29 is 9.53 Å². The number of carbonyl (C=O) groups is 1. The number of nitrogens with one attached hydrogen (secondary N) is 1. The first-order chi connectivity index (χ1) is 8.33. The fraction of sp³-hybridized carbons (Fsp3) is 0.692. The quantitative estimate of drug-likeness (QED) is 0.872. The van der Waals surface area contributed by atoms with E-state index >= 15 is 0 Å². The van der Waals surface area contributed by atoms with Crippen LogP contribution in [0.4, 0.5) is 0 Å². The number of aromatic nitrogens is 2. The summed E-state index contributed by atoms with van der Waals surface area (Å²) in [6, 6.07) is 0. The second-order valence-electron chi connectivity index (χ2n) is 5.31. The molecule has 1 aromatic heterocycles. The van der Waals surface area contributed by atoms with Gasteiger partial charge in [-0.05, 0) is 34.6 Å². The molecule has 0 saturated heterocycles. The van der Waals surface area contributed by atoms with Gasteiger partial charge in [0.25, 0.3) is 0 Å². The minimum Gasteiger partial charge on any atom is -0.371 e. The van der Waals surface area contributed by atoms with E-state index in [1.54, 1.807) is 12.4 Å². The first-order valence-electron chi connectivity index (χ1n) is 6.27. The van der Waals surface area contributed by atoms with E-state index in [-0.39, 0.29) is 24.1 Å². The van der Waals surface area contributed by atoms with Gasteiger partial charge in [-0.2, -0.15) is 0 Å². The number of carbonyl (C=O) groups excluding carboxylic acids is 1. The molecule has 1 atom stereocenters. The van der Waals surface area contributed by atoms with E-state index in [1.807, 2.05) is 39.2 Å². The topological polar surface area (TPSA) is 56.2 Å². The number of ether oxygens (including phenoxy) is 1. The van der Waals surface area contributed by atoms with E-state index < -0.39 is 0 Å². The molecular weight excluding hydrogens is 230 g/mol. The molecule has 0 aromatic carbocycles. The lowest BCUT2D eigenvalue weighted by Gasteiger charge is -2.21. The van der Waals surface area contributed by atoms with Crippen molar-refractivity contribution in [2.24, 2.45) is 0 Å². The highest BCUT2D eigenvalue weighted by Crippen LogP contribution is 2.14. The summed E-state index contributed by atoms with van der Waals surface area (Å²) >= 11 is 0. The van der Waals surface area contributed by atoms with Crippen LogP contribution in [0.15, 0.2) is 12.4 Å². The Labute approximate surface area is 109 Å². The Morgan fingerprint density at radius 3 is 2.78 bits per heavy atom. The highest BCUT2D eigenvalue weighted by molar-refractivity contribution is 5.76. The molecule has 1 N–H and O–H groups in total. The van der Waals surface area contributed by atoms with Gasteiger partial charge < -0.3 is 14.6 Å². The number of nitrogens with zero attached hydrogens (tertiary/aromatic N) is 2. The first-order valence-corrected chi connectivity index (χ1v) is 6.27. The molecule has 1 aromatic rings. The normalized spacial score (nSPS) is 13.4. The molecule has 1 amide bonds. The van der Waals surface area contributed by atoms with Crippen molar-refractivity contribution >= 4 is 5.91 Å². The van der Waals surface area contributed by atoms with Gasteiger partial charge in [-0.25, -0.2) is 4.98 Å². The van der Waals surface area contributed by atoms with Crippen LogP contribution in [-0.4, -0.2) is 27.6 Å². The van der Waals surface area contributed by atoms with E-state index in [2.05, 4.69) is 10.3 Å². The van der Waals surface area contributed by atoms with Gasteiger partial charge in [0.15, 0.2) is 0 Å². The highest BCUT2D eigenvalue weighted by atomic mass is 16.5. The number of hydrogen-bond acceptors (Lipinski definition) is 3. The van der Waals surface area contributed by atoms with E-state index in [0.29, 0.717) is 6.61 Å². The molecule has 0 fully saturated rings. The Bertz CT molecular complexity index is 393. The minimum absolute atomic E-state index is 0.0227. The predicted molar refractivity (Wildman–Crippen MR) is 70.2 cm³/mol. The van der Waals surface area contributed by atoms with E-state index in [1.165, 1.54) is 0 Å². The summed E-state index contributed by atoms with van der Waals surface area (Å²) in [6.07, 6.45) is 3.38. The van der Waals surface area contributed by atoms with Gasteiger partial charge in [-0.15, -0.1) is 0 Å². The molecule has 1 rings (SSSR count). The van der Waals surface area contributed by atoms with Crippen LogP contribution in [0.2, 0.25) is 0 Å². The molecule has 102 valence electrons. The molecule has 0 aliphatic heterocycles. The number of rotatable bonds is 5. The average Bonchev–Trinajstić information content (AvgIpc) is 2.62. The molecule has 0 saturated carbocycles.